The number of halogens is 1. The maximum absolute atomic E-state index is 14.5. The first kappa shape index (κ1) is 34.6. The van der Waals surface area contributed by atoms with Crippen LogP contribution in [0.3, 0.4) is 0 Å². The summed E-state index contributed by atoms with van der Waals surface area (Å²) >= 11 is 0. The molecule has 3 amide bonds. The van der Waals surface area contributed by atoms with Crippen molar-refractivity contribution in [1.29, 1.82) is 0 Å². The van der Waals surface area contributed by atoms with E-state index < -0.39 is 29.6 Å². The van der Waals surface area contributed by atoms with Crippen LogP contribution in [0, 0.1) is 17.2 Å². The van der Waals surface area contributed by atoms with Crippen LogP contribution >= 0.6 is 0 Å². The van der Waals surface area contributed by atoms with E-state index in [1.807, 2.05) is 64.1 Å². The third-order valence-corrected chi connectivity index (χ3v) is 10.1. The van der Waals surface area contributed by atoms with Gasteiger partial charge in [0.2, 0.25) is 11.8 Å². The molecule has 0 aliphatic carbocycles. The van der Waals surface area contributed by atoms with Crippen LogP contribution in [0.1, 0.15) is 74.5 Å². The SMILES string of the molecule is C[C@H](NC(=O)[C@@H]1C[C@@H](O)CN1C(=O)[C@@H](N1Cc2c(OCC3CCNCC3)cccc2C1=O)C(C)(C)C)c1ccc(-c2ccccc2F)cc1. The number of hydrogen-bond acceptors (Lipinski definition) is 6. The normalized spacial score (nSPS) is 21.0. The van der Waals surface area contributed by atoms with Crippen molar-refractivity contribution in [3.05, 3.63) is 89.2 Å². The Hall–Kier alpha value is -4.28. The van der Waals surface area contributed by atoms with Crippen LogP contribution in [0.4, 0.5) is 4.39 Å². The summed E-state index contributed by atoms with van der Waals surface area (Å²) in [5, 5.41) is 17.1. The van der Waals surface area contributed by atoms with Gasteiger partial charge >= 0.3 is 0 Å². The van der Waals surface area contributed by atoms with E-state index in [2.05, 4.69) is 10.6 Å². The van der Waals surface area contributed by atoms with Crippen molar-refractivity contribution in [3.8, 4) is 16.9 Å². The summed E-state index contributed by atoms with van der Waals surface area (Å²) < 4.78 is 20.6. The van der Waals surface area contributed by atoms with E-state index >= 15 is 0 Å². The van der Waals surface area contributed by atoms with E-state index in [1.54, 1.807) is 29.2 Å². The zero-order chi connectivity index (χ0) is 34.9. The molecule has 3 aliphatic heterocycles. The highest BCUT2D eigenvalue weighted by atomic mass is 19.1. The van der Waals surface area contributed by atoms with Crippen molar-refractivity contribution in [2.45, 2.75) is 77.7 Å². The number of benzene rings is 3. The van der Waals surface area contributed by atoms with Crippen LogP contribution in [0.15, 0.2) is 66.7 Å². The molecule has 9 nitrogen and oxygen atoms in total. The smallest absolute Gasteiger partial charge is 0.255 e. The molecule has 3 aromatic carbocycles. The van der Waals surface area contributed by atoms with Gasteiger partial charge in [0, 0.05) is 29.7 Å². The lowest BCUT2D eigenvalue weighted by Crippen LogP contribution is -2.58. The maximum atomic E-state index is 14.5. The number of β-amino-alcohol motifs (C(OH)–C–C–N with tert-alkyl or cyclic N) is 1. The lowest BCUT2D eigenvalue weighted by atomic mass is 9.84. The Morgan fingerprint density at radius 3 is 2.41 bits per heavy atom. The fourth-order valence-electron chi connectivity index (χ4n) is 7.40. The molecule has 0 bridgehead atoms. The first-order chi connectivity index (χ1) is 23.4. The Morgan fingerprint density at radius 2 is 1.71 bits per heavy atom. The molecule has 2 fully saturated rings. The molecule has 0 radical (unpaired) electrons. The van der Waals surface area contributed by atoms with Crippen molar-refractivity contribution < 1.29 is 28.6 Å². The monoisotopic (exact) mass is 670 g/mol. The number of piperidine rings is 1. The second-order valence-electron chi connectivity index (χ2n) is 14.7. The third-order valence-electron chi connectivity index (χ3n) is 10.1. The molecule has 6 rings (SSSR count). The van der Waals surface area contributed by atoms with Crippen LogP contribution in [-0.2, 0) is 16.1 Å². The highest BCUT2D eigenvalue weighted by Crippen LogP contribution is 2.38. The minimum Gasteiger partial charge on any atom is -0.493 e. The van der Waals surface area contributed by atoms with E-state index in [0.717, 1.165) is 42.6 Å². The number of likely N-dealkylation sites (tertiary alicyclic amines) is 1. The largest absolute Gasteiger partial charge is 0.493 e. The van der Waals surface area contributed by atoms with E-state index in [1.165, 1.54) is 11.0 Å². The van der Waals surface area contributed by atoms with Crippen LogP contribution < -0.4 is 15.4 Å². The number of ether oxygens (including phenoxy) is 1. The van der Waals surface area contributed by atoms with Crippen LogP contribution in [0.25, 0.3) is 11.1 Å². The maximum Gasteiger partial charge on any atom is 0.255 e. The first-order valence-electron chi connectivity index (χ1n) is 17.3. The average Bonchev–Trinajstić information content (AvgIpc) is 3.64. The van der Waals surface area contributed by atoms with E-state index in [-0.39, 0.29) is 43.0 Å². The van der Waals surface area contributed by atoms with Gasteiger partial charge in [-0.05, 0) is 73.5 Å². The van der Waals surface area contributed by atoms with Crippen molar-refractivity contribution in [3.63, 3.8) is 0 Å². The molecule has 260 valence electrons. The number of amides is 3. The van der Waals surface area contributed by atoms with Gasteiger partial charge in [0.1, 0.15) is 23.7 Å². The summed E-state index contributed by atoms with van der Waals surface area (Å²) in [5.74, 6) is -0.201. The molecule has 3 N–H and O–H groups in total. The Labute approximate surface area is 287 Å². The lowest BCUT2D eigenvalue weighted by molar-refractivity contribution is -0.145. The van der Waals surface area contributed by atoms with Crippen LogP contribution in [-0.4, -0.2) is 77.1 Å². The Kier molecular flexibility index (Phi) is 10.1. The number of hydrogen-bond donors (Lipinski definition) is 3. The van der Waals surface area contributed by atoms with Gasteiger partial charge in [-0.1, -0.05) is 69.3 Å². The zero-order valence-corrected chi connectivity index (χ0v) is 28.7. The van der Waals surface area contributed by atoms with Crippen molar-refractivity contribution in [2.75, 3.05) is 26.2 Å². The minimum atomic E-state index is -0.906. The molecule has 3 aliphatic rings. The van der Waals surface area contributed by atoms with E-state index in [4.69, 9.17) is 4.74 Å². The fourth-order valence-corrected chi connectivity index (χ4v) is 7.40. The molecule has 49 heavy (non-hydrogen) atoms. The Balaban J connectivity index is 1.17. The highest BCUT2D eigenvalue weighted by molar-refractivity contribution is 6.02. The number of nitrogens with zero attached hydrogens (tertiary/aromatic N) is 2. The zero-order valence-electron chi connectivity index (χ0n) is 28.7. The second-order valence-corrected chi connectivity index (χ2v) is 14.7. The number of nitrogens with one attached hydrogen (secondary N) is 2. The Bertz CT molecular complexity index is 1680. The minimum absolute atomic E-state index is 0.00516. The summed E-state index contributed by atoms with van der Waals surface area (Å²) in [5.41, 5.74) is 2.66. The molecule has 3 aromatic rings. The summed E-state index contributed by atoms with van der Waals surface area (Å²) in [6, 6.07) is 17.2. The molecule has 0 saturated carbocycles. The van der Waals surface area contributed by atoms with Crippen molar-refractivity contribution >= 4 is 17.7 Å². The molecule has 4 atom stereocenters. The number of rotatable bonds is 9. The highest BCUT2D eigenvalue weighted by Gasteiger charge is 2.49. The molecular formula is C39H47FN4O5. The quantitative estimate of drug-likeness (QED) is 0.293. The molecule has 0 unspecified atom stereocenters. The number of carbonyl (C=O) groups is 3. The Morgan fingerprint density at radius 1 is 1.02 bits per heavy atom. The van der Waals surface area contributed by atoms with Gasteiger partial charge in [0.25, 0.3) is 5.91 Å². The summed E-state index contributed by atoms with van der Waals surface area (Å²) in [7, 11) is 0. The van der Waals surface area contributed by atoms with Crippen LogP contribution in [0.5, 0.6) is 5.75 Å². The molecule has 2 saturated heterocycles. The average molecular weight is 671 g/mol. The van der Waals surface area contributed by atoms with Gasteiger partial charge in [0.15, 0.2) is 0 Å². The number of carbonyl (C=O) groups excluding carboxylic acids is 3. The van der Waals surface area contributed by atoms with Gasteiger partial charge in [-0.15, -0.1) is 0 Å². The van der Waals surface area contributed by atoms with Gasteiger partial charge in [-0.25, -0.2) is 4.39 Å². The number of aliphatic hydroxyl groups excluding tert-OH is 1. The number of aliphatic hydroxyl groups is 1. The third kappa shape index (κ3) is 7.35. The molecular weight excluding hydrogens is 623 g/mol. The summed E-state index contributed by atoms with van der Waals surface area (Å²) in [4.78, 5) is 45.2. The van der Waals surface area contributed by atoms with Crippen LogP contribution in [0.2, 0.25) is 0 Å². The predicted octanol–water partition coefficient (Wildman–Crippen LogP) is 5.08. The number of fused-ring (bicyclic) bond motifs is 1. The van der Waals surface area contributed by atoms with E-state index in [0.29, 0.717) is 29.4 Å². The van der Waals surface area contributed by atoms with Gasteiger partial charge in [-0.3, -0.25) is 14.4 Å². The van der Waals surface area contributed by atoms with E-state index in [9.17, 15) is 23.9 Å². The van der Waals surface area contributed by atoms with Gasteiger partial charge in [-0.2, -0.15) is 0 Å². The molecule has 0 aromatic heterocycles. The topological polar surface area (TPSA) is 111 Å². The fraction of sp³-hybridized carbons (Fsp3) is 0.462. The first-order valence-corrected chi connectivity index (χ1v) is 17.3. The molecule has 10 heteroatoms. The summed E-state index contributed by atoms with van der Waals surface area (Å²) in [6.07, 6.45) is 1.29. The van der Waals surface area contributed by atoms with Crippen molar-refractivity contribution in [1.82, 2.24) is 20.4 Å². The van der Waals surface area contributed by atoms with Crippen molar-refractivity contribution in [2.24, 2.45) is 11.3 Å². The second kappa shape index (κ2) is 14.3. The summed E-state index contributed by atoms with van der Waals surface area (Å²) in [6.45, 7) is 10.3. The molecule has 0 spiro atoms. The predicted molar refractivity (Wildman–Crippen MR) is 185 cm³/mol. The van der Waals surface area contributed by atoms with Gasteiger partial charge < -0.3 is 30.3 Å². The standard InChI is InChI=1S/C39H47FN4O5/c1-24(26-12-14-27(15-13-26)29-8-5-6-10-32(29)40)42-36(46)33-20-28(45)21-43(33)38(48)35(39(2,3)4)44-22-31-30(37(44)47)9-7-11-34(31)49-23-25-16-18-41-19-17-25/h5-15,24-25,28,33,35,41,45H,16-23H2,1-4H3,(H,42,46)/t24-,28+,33-,35+/m0/s1. The van der Waals surface area contributed by atoms with Gasteiger partial charge in [0.05, 0.1) is 25.3 Å². The lowest BCUT2D eigenvalue weighted by Gasteiger charge is -2.40. The molecule has 3 heterocycles.